The van der Waals surface area contributed by atoms with Crippen molar-refractivity contribution in [2.75, 3.05) is 64.1 Å². The Morgan fingerprint density at radius 2 is 1.72 bits per heavy atom. The Morgan fingerprint density at radius 3 is 2.24 bits per heavy atom. The maximum atomic E-state index is 12.2. The van der Waals surface area contributed by atoms with Crippen molar-refractivity contribution >= 4 is 17.3 Å². The zero-order valence-electron chi connectivity index (χ0n) is 17.4. The molecule has 1 N–H and O–H groups in total. The second kappa shape index (κ2) is 8.65. The summed E-state index contributed by atoms with van der Waals surface area (Å²) in [5.41, 5.74) is 0.992. The third-order valence-electron chi connectivity index (χ3n) is 5.52. The highest BCUT2D eigenvalue weighted by Crippen LogP contribution is 2.25. The largest absolute Gasteiger partial charge is 0.497 e. The Balaban J connectivity index is 1.71. The van der Waals surface area contributed by atoms with Gasteiger partial charge in [-0.25, -0.2) is 0 Å². The molecular weight excluding hydrogens is 372 g/mol. The minimum Gasteiger partial charge on any atom is -0.497 e. The fraction of sp³-hybridized carbons (Fsp3) is 0.476. The van der Waals surface area contributed by atoms with E-state index in [1.54, 1.807) is 18.9 Å². The number of ether oxygens (including phenoxy) is 1. The molecule has 0 aliphatic carbocycles. The number of nitrogens with one attached hydrogen (secondary N) is 1. The van der Waals surface area contributed by atoms with Gasteiger partial charge in [-0.05, 0) is 31.8 Å². The molecule has 0 saturated carbocycles. The van der Waals surface area contributed by atoms with Gasteiger partial charge < -0.3 is 24.8 Å². The molecule has 3 rings (SSSR count). The molecule has 1 amide bonds. The first-order valence-electron chi connectivity index (χ1n) is 9.71. The van der Waals surface area contributed by atoms with Gasteiger partial charge in [-0.2, -0.15) is 0 Å². The van der Waals surface area contributed by atoms with E-state index in [1.165, 1.54) is 0 Å². The number of nitrogens with zero attached hydrogens (tertiary/aromatic N) is 3. The summed E-state index contributed by atoms with van der Waals surface area (Å²) >= 11 is 0. The van der Waals surface area contributed by atoms with E-state index in [2.05, 4.69) is 10.2 Å². The number of hydrogen-bond donors (Lipinski definition) is 1. The van der Waals surface area contributed by atoms with Crippen LogP contribution in [0.3, 0.4) is 0 Å². The maximum Gasteiger partial charge on any atom is 0.253 e. The zero-order chi connectivity index (χ0) is 21.1. The molecule has 8 nitrogen and oxygen atoms in total. The van der Waals surface area contributed by atoms with E-state index in [0.29, 0.717) is 44.1 Å². The lowest BCUT2D eigenvalue weighted by atomic mass is 10.0. The summed E-state index contributed by atoms with van der Waals surface area (Å²) in [6.07, 6.45) is 0. The lowest BCUT2D eigenvalue weighted by molar-refractivity contribution is -0.129. The van der Waals surface area contributed by atoms with Crippen LogP contribution in [0.2, 0.25) is 0 Å². The number of amides is 1. The molecule has 1 heterocycles. The molecule has 2 aromatic carbocycles. The summed E-state index contributed by atoms with van der Waals surface area (Å²) in [4.78, 5) is 41.6. The van der Waals surface area contributed by atoms with E-state index in [1.807, 2.05) is 43.3 Å². The molecule has 8 heteroatoms. The van der Waals surface area contributed by atoms with Gasteiger partial charge in [-0.1, -0.05) is 12.1 Å². The molecule has 1 saturated heterocycles. The number of rotatable bonds is 7. The van der Waals surface area contributed by atoms with E-state index < -0.39 is 10.9 Å². The van der Waals surface area contributed by atoms with Gasteiger partial charge in [0.15, 0.2) is 0 Å². The van der Waals surface area contributed by atoms with Crippen LogP contribution in [0.25, 0.3) is 0 Å². The molecule has 0 spiro atoms. The SMILES string of the molecule is COc1ccc([C@H](CNc2c(N3CCN(C(C)=O)CC3)c(=O)c2=O)N(C)C)cc1. The minimum atomic E-state index is -0.471. The number of piperazine rings is 1. The number of methoxy groups -OCH3 is 1. The first kappa shape index (κ1) is 20.9. The zero-order valence-corrected chi connectivity index (χ0v) is 17.4. The van der Waals surface area contributed by atoms with Crippen molar-refractivity contribution in [3.05, 3.63) is 50.3 Å². The number of carbonyl (C=O) groups is 1. The van der Waals surface area contributed by atoms with Crippen LogP contribution in [0.15, 0.2) is 33.9 Å². The summed E-state index contributed by atoms with van der Waals surface area (Å²) in [5, 5.41) is 3.20. The Hall–Kier alpha value is -2.87. The van der Waals surface area contributed by atoms with Gasteiger partial charge in [0.1, 0.15) is 17.1 Å². The maximum absolute atomic E-state index is 12.2. The van der Waals surface area contributed by atoms with Crippen LogP contribution in [0.1, 0.15) is 18.5 Å². The van der Waals surface area contributed by atoms with Crippen molar-refractivity contribution in [3.63, 3.8) is 0 Å². The second-order valence-corrected chi connectivity index (χ2v) is 7.51. The lowest BCUT2D eigenvalue weighted by Gasteiger charge is -2.37. The van der Waals surface area contributed by atoms with Gasteiger partial charge in [0, 0.05) is 39.6 Å². The number of benzene rings is 1. The van der Waals surface area contributed by atoms with Crippen LogP contribution in [0.5, 0.6) is 5.75 Å². The predicted octanol–water partition coefficient (Wildman–Crippen LogP) is 0.675. The van der Waals surface area contributed by atoms with Crippen LogP contribution in [0.4, 0.5) is 11.4 Å². The van der Waals surface area contributed by atoms with Gasteiger partial charge >= 0.3 is 0 Å². The van der Waals surface area contributed by atoms with Crippen LogP contribution in [-0.2, 0) is 4.79 Å². The van der Waals surface area contributed by atoms with Crippen LogP contribution in [0, 0.1) is 0 Å². The summed E-state index contributed by atoms with van der Waals surface area (Å²) in [7, 11) is 5.57. The van der Waals surface area contributed by atoms with Crippen LogP contribution < -0.4 is 25.8 Å². The average molecular weight is 400 g/mol. The quantitative estimate of drug-likeness (QED) is 0.684. The molecule has 1 fully saturated rings. The first-order chi connectivity index (χ1) is 13.8. The predicted molar refractivity (Wildman–Crippen MR) is 114 cm³/mol. The van der Waals surface area contributed by atoms with Crippen molar-refractivity contribution in [2.45, 2.75) is 13.0 Å². The number of likely N-dealkylation sites (N-methyl/N-ethyl adjacent to an activating group) is 1. The Labute approximate surface area is 170 Å². The molecule has 0 unspecified atom stereocenters. The number of carbonyl (C=O) groups excluding carboxylic acids is 1. The van der Waals surface area contributed by atoms with Gasteiger partial charge in [-0.15, -0.1) is 0 Å². The van der Waals surface area contributed by atoms with E-state index in [4.69, 9.17) is 4.74 Å². The van der Waals surface area contributed by atoms with Crippen LogP contribution >= 0.6 is 0 Å². The number of anilines is 2. The van der Waals surface area contributed by atoms with Crippen molar-refractivity contribution in [1.29, 1.82) is 0 Å². The Morgan fingerprint density at radius 1 is 1.10 bits per heavy atom. The molecule has 0 radical (unpaired) electrons. The first-order valence-corrected chi connectivity index (χ1v) is 9.71. The highest BCUT2D eigenvalue weighted by atomic mass is 16.5. The molecule has 1 atom stereocenters. The van der Waals surface area contributed by atoms with Gasteiger partial charge in [0.25, 0.3) is 10.9 Å². The molecule has 156 valence electrons. The molecule has 1 aliphatic rings. The monoisotopic (exact) mass is 400 g/mol. The number of hydrogen-bond acceptors (Lipinski definition) is 7. The average Bonchev–Trinajstić information content (AvgIpc) is 2.73. The summed E-state index contributed by atoms with van der Waals surface area (Å²) < 4.78 is 5.21. The molecule has 0 aromatic heterocycles. The van der Waals surface area contributed by atoms with Crippen molar-refractivity contribution < 1.29 is 9.53 Å². The normalized spacial score (nSPS) is 15.6. The van der Waals surface area contributed by atoms with Gasteiger partial charge in [-0.3, -0.25) is 14.4 Å². The highest BCUT2D eigenvalue weighted by Gasteiger charge is 2.29. The summed E-state index contributed by atoms with van der Waals surface area (Å²) in [5.74, 6) is 0.815. The summed E-state index contributed by atoms with van der Waals surface area (Å²) in [6.45, 7) is 4.24. The highest BCUT2D eigenvalue weighted by molar-refractivity contribution is 5.77. The van der Waals surface area contributed by atoms with Crippen LogP contribution in [-0.4, -0.2) is 69.6 Å². The van der Waals surface area contributed by atoms with Crippen molar-refractivity contribution in [2.24, 2.45) is 0 Å². The molecule has 1 aliphatic heterocycles. The lowest BCUT2D eigenvalue weighted by Crippen LogP contribution is -2.52. The molecular formula is C21H28N4O4. The standard InChI is InChI=1S/C21H28N4O4/c1-14(26)24-9-11-25(12-10-24)19-18(20(27)21(19)28)22-13-17(23(2)3)15-5-7-16(29-4)8-6-15/h5-8,17,22H,9-13H2,1-4H3/t17-/m0/s1. The van der Waals surface area contributed by atoms with Gasteiger partial charge in [0.2, 0.25) is 5.91 Å². The minimum absolute atomic E-state index is 0.0210. The van der Waals surface area contributed by atoms with E-state index in [-0.39, 0.29) is 11.9 Å². The van der Waals surface area contributed by atoms with Crippen molar-refractivity contribution in [1.82, 2.24) is 9.80 Å². The fourth-order valence-electron chi connectivity index (χ4n) is 3.71. The fourth-order valence-corrected chi connectivity index (χ4v) is 3.71. The Kier molecular flexibility index (Phi) is 6.22. The molecule has 2 aromatic rings. The third-order valence-corrected chi connectivity index (χ3v) is 5.52. The molecule has 29 heavy (non-hydrogen) atoms. The van der Waals surface area contributed by atoms with E-state index in [0.717, 1.165) is 11.3 Å². The summed E-state index contributed by atoms with van der Waals surface area (Å²) in [6, 6.07) is 7.82. The van der Waals surface area contributed by atoms with Gasteiger partial charge in [0.05, 0.1) is 13.2 Å². The van der Waals surface area contributed by atoms with E-state index in [9.17, 15) is 14.4 Å². The Bertz CT molecular complexity index is 923. The second-order valence-electron chi connectivity index (χ2n) is 7.51. The topological polar surface area (TPSA) is 82.2 Å². The smallest absolute Gasteiger partial charge is 0.253 e. The molecule has 0 bridgehead atoms. The van der Waals surface area contributed by atoms with Crippen molar-refractivity contribution in [3.8, 4) is 5.75 Å². The third kappa shape index (κ3) is 4.27. The van der Waals surface area contributed by atoms with E-state index >= 15 is 0 Å².